The summed E-state index contributed by atoms with van der Waals surface area (Å²) < 4.78 is 7.59. The van der Waals surface area contributed by atoms with Crippen molar-refractivity contribution in [2.24, 2.45) is 0 Å². The predicted octanol–water partition coefficient (Wildman–Crippen LogP) is 2.93. The van der Waals surface area contributed by atoms with Crippen LogP contribution in [0.1, 0.15) is 12.0 Å². The molecule has 5 heteroatoms. The Bertz CT molecular complexity index is 809. The number of nitrogens with one attached hydrogen (secondary N) is 1. The fourth-order valence-corrected chi connectivity index (χ4v) is 2.49. The number of aryl methyl sites for hydroxylation is 2. The minimum Gasteiger partial charge on any atom is -0.492 e. The molecule has 124 valence electrons. The molecule has 0 saturated carbocycles. The Morgan fingerprint density at radius 3 is 2.79 bits per heavy atom. The van der Waals surface area contributed by atoms with Gasteiger partial charge in [-0.2, -0.15) is 0 Å². The number of benzene rings is 2. The highest BCUT2D eigenvalue weighted by molar-refractivity contribution is 5.77. The van der Waals surface area contributed by atoms with Crippen LogP contribution in [0.3, 0.4) is 0 Å². The number of amides is 1. The predicted molar refractivity (Wildman–Crippen MR) is 94.0 cm³/mol. The van der Waals surface area contributed by atoms with Crippen molar-refractivity contribution in [1.29, 1.82) is 0 Å². The van der Waals surface area contributed by atoms with E-state index in [9.17, 15) is 4.79 Å². The number of carbonyl (C=O) groups is 1. The number of ether oxygens (including phenoxy) is 1. The summed E-state index contributed by atoms with van der Waals surface area (Å²) in [6.07, 6.45) is 2.20. The van der Waals surface area contributed by atoms with E-state index >= 15 is 0 Å². The van der Waals surface area contributed by atoms with E-state index in [1.807, 2.05) is 60.0 Å². The number of carbonyl (C=O) groups excluding carboxylic acids is 1. The maximum Gasteiger partial charge on any atom is 0.221 e. The molecule has 0 bridgehead atoms. The zero-order valence-corrected chi connectivity index (χ0v) is 13.7. The molecule has 0 aliphatic rings. The minimum atomic E-state index is 0.0142. The van der Waals surface area contributed by atoms with E-state index in [1.165, 1.54) is 5.56 Å². The molecule has 0 atom stereocenters. The van der Waals surface area contributed by atoms with Crippen molar-refractivity contribution >= 4 is 16.9 Å². The minimum absolute atomic E-state index is 0.0142. The van der Waals surface area contributed by atoms with E-state index in [-0.39, 0.29) is 5.91 Å². The first-order valence-electron chi connectivity index (χ1n) is 8.08. The average Bonchev–Trinajstić information content (AvgIpc) is 3.02. The van der Waals surface area contributed by atoms with Gasteiger partial charge in [0.25, 0.3) is 0 Å². The van der Waals surface area contributed by atoms with Gasteiger partial charge in [-0.25, -0.2) is 4.98 Å². The van der Waals surface area contributed by atoms with Gasteiger partial charge in [-0.15, -0.1) is 0 Å². The van der Waals surface area contributed by atoms with Crippen molar-refractivity contribution in [2.45, 2.75) is 19.9 Å². The zero-order valence-electron chi connectivity index (χ0n) is 13.7. The number of fused-ring (bicyclic) bond motifs is 1. The maximum atomic E-state index is 11.9. The Labute approximate surface area is 141 Å². The number of aromatic nitrogens is 2. The van der Waals surface area contributed by atoms with Gasteiger partial charge < -0.3 is 14.6 Å². The van der Waals surface area contributed by atoms with Gasteiger partial charge in [-0.05, 0) is 31.2 Å². The lowest BCUT2D eigenvalue weighted by molar-refractivity contribution is -0.121. The van der Waals surface area contributed by atoms with E-state index in [4.69, 9.17) is 4.74 Å². The molecule has 1 heterocycles. The summed E-state index contributed by atoms with van der Waals surface area (Å²) in [5.41, 5.74) is 3.19. The monoisotopic (exact) mass is 323 g/mol. The van der Waals surface area contributed by atoms with Crippen LogP contribution in [0.25, 0.3) is 11.0 Å². The third-order valence-electron chi connectivity index (χ3n) is 3.82. The fourth-order valence-electron chi connectivity index (χ4n) is 2.49. The highest BCUT2D eigenvalue weighted by atomic mass is 16.5. The quantitative estimate of drug-likeness (QED) is 0.680. The standard InChI is InChI=1S/C19H21N3O2/c1-15-6-8-16(9-7-15)24-13-11-20-19(23)10-12-22-14-21-17-4-2-3-5-18(17)22/h2-9,14H,10-13H2,1H3,(H,20,23). The molecule has 0 aliphatic carbocycles. The average molecular weight is 323 g/mol. The van der Waals surface area contributed by atoms with E-state index in [0.717, 1.165) is 16.8 Å². The summed E-state index contributed by atoms with van der Waals surface area (Å²) in [4.78, 5) is 16.3. The van der Waals surface area contributed by atoms with Crippen molar-refractivity contribution in [2.75, 3.05) is 13.2 Å². The molecule has 5 nitrogen and oxygen atoms in total. The fraction of sp³-hybridized carbons (Fsp3) is 0.263. The SMILES string of the molecule is Cc1ccc(OCCNC(=O)CCn2cnc3ccccc32)cc1. The summed E-state index contributed by atoms with van der Waals surface area (Å²) in [6, 6.07) is 15.8. The van der Waals surface area contributed by atoms with Crippen molar-refractivity contribution in [1.82, 2.24) is 14.9 Å². The van der Waals surface area contributed by atoms with Crippen LogP contribution in [-0.4, -0.2) is 28.6 Å². The van der Waals surface area contributed by atoms with E-state index in [0.29, 0.717) is 26.1 Å². The summed E-state index contributed by atoms with van der Waals surface area (Å²) in [5.74, 6) is 0.833. The number of rotatable bonds is 7. The van der Waals surface area contributed by atoms with Gasteiger partial charge in [0.1, 0.15) is 12.4 Å². The normalized spacial score (nSPS) is 10.7. The van der Waals surface area contributed by atoms with Gasteiger partial charge in [-0.3, -0.25) is 4.79 Å². The molecule has 0 aliphatic heterocycles. The topological polar surface area (TPSA) is 56.1 Å². The summed E-state index contributed by atoms with van der Waals surface area (Å²) in [5, 5.41) is 2.88. The van der Waals surface area contributed by atoms with E-state index in [2.05, 4.69) is 10.3 Å². The largest absolute Gasteiger partial charge is 0.492 e. The Morgan fingerprint density at radius 2 is 1.96 bits per heavy atom. The molecular formula is C19H21N3O2. The van der Waals surface area contributed by atoms with Crippen molar-refractivity contribution in [3.8, 4) is 5.75 Å². The maximum absolute atomic E-state index is 11.9. The molecule has 0 radical (unpaired) electrons. The highest BCUT2D eigenvalue weighted by Gasteiger charge is 2.05. The molecule has 1 N–H and O–H groups in total. The highest BCUT2D eigenvalue weighted by Crippen LogP contribution is 2.12. The second kappa shape index (κ2) is 7.64. The lowest BCUT2D eigenvalue weighted by Gasteiger charge is -2.08. The summed E-state index contributed by atoms with van der Waals surface area (Å²) >= 11 is 0. The number of imidazole rings is 1. The first-order valence-corrected chi connectivity index (χ1v) is 8.08. The Hall–Kier alpha value is -2.82. The first-order chi connectivity index (χ1) is 11.7. The van der Waals surface area contributed by atoms with Crippen LogP contribution in [0.4, 0.5) is 0 Å². The molecule has 0 saturated heterocycles. The molecule has 2 aromatic carbocycles. The summed E-state index contributed by atoms with van der Waals surface area (Å²) in [6.45, 7) is 3.61. The van der Waals surface area contributed by atoms with Gasteiger partial charge in [0, 0.05) is 13.0 Å². The number of hydrogen-bond donors (Lipinski definition) is 1. The molecule has 0 unspecified atom stereocenters. The smallest absolute Gasteiger partial charge is 0.221 e. The number of hydrogen-bond acceptors (Lipinski definition) is 3. The molecular weight excluding hydrogens is 302 g/mol. The third kappa shape index (κ3) is 4.13. The molecule has 3 rings (SSSR count). The lowest BCUT2D eigenvalue weighted by atomic mass is 10.2. The lowest BCUT2D eigenvalue weighted by Crippen LogP contribution is -2.28. The Morgan fingerprint density at radius 1 is 1.17 bits per heavy atom. The van der Waals surface area contributed by atoms with Crippen LogP contribution in [0.2, 0.25) is 0 Å². The molecule has 1 aromatic heterocycles. The van der Waals surface area contributed by atoms with Gasteiger partial charge in [0.05, 0.1) is 23.9 Å². The van der Waals surface area contributed by atoms with Gasteiger partial charge in [-0.1, -0.05) is 29.8 Å². The number of nitrogens with zero attached hydrogens (tertiary/aromatic N) is 2. The Balaban J connectivity index is 1.39. The van der Waals surface area contributed by atoms with E-state index < -0.39 is 0 Å². The zero-order chi connectivity index (χ0) is 16.8. The molecule has 0 fully saturated rings. The van der Waals surface area contributed by atoms with Crippen molar-refractivity contribution in [3.63, 3.8) is 0 Å². The van der Waals surface area contributed by atoms with Crippen molar-refractivity contribution < 1.29 is 9.53 Å². The second-order valence-corrected chi connectivity index (χ2v) is 5.69. The van der Waals surface area contributed by atoms with Crippen LogP contribution in [-0.2, 0) is 11.3 Å². The molecule has 3 aromatic rings. The van der Waals surface area contributed by atoms with Crippen LogP contribution in [0.15, 0.2) is 54.9 Å². The first kappa shape index (κ1) is 16.1. The Kier molecular flexibility index (Phi) is 5.11. The van der Waals surface area contributed by atoms with Crippen LogP contribution < -0.4 is 10.1 Å². The van der Waals surface area contributed by atoms with Crippen LogP contribution in [0.5, 0.6) is 5.75 Å². The molecule has 0 spiro atoms. The summed E-state index contributed by atoms with van der Waals surface area (Å²) in [7, 11) is 0. The molecule has 1 amide bonds. The number of para-hydroxylation sites is 2. The van der Waals surface area contributed by atoms with Crippen LogP contribution in [0, 0.1) is 6.92 Å². The van der Waals surface area contributed by atoms with Gasteiger partial charge >= 0.3 is 0 Å². The molecule has 24 heavy (non-hydrogen) atoms. The van der Waals surface area contributed by atoms with Crippen LogP contribution >= 0.6 is 0 Å². The van der Waals surface area contributed by atoms with Gasteiger partial charge in [0.15, 0.2) is 0 Å². The third-order valence-corrected chi connectivity index (χ3v) is 3.82. The van der Waals surface area contributed by atoms with E-state index in [1.54, 1.807) is 6.33 Å². The van der Waals surface area contributed by atoms with Crippen molar-refractivity contribution in [3.05, 3.63) is 60.4 Å². The van der Waals surface area contributed by atoms with Gasteiger partial charge in [0.2, 0.25) is 5.91 Å². The second-order valence-electron chi connectivity index (χ2n) is 5.69.